The van der Waals surface area contributed by atoms with Gasteiger partial charge < -0.3 is 0 Å². The van der Waals surface area contributed by atoms with Crippen LogP contribution in [0.5, 0.6) is 0 Å². The Morgan fingerprint density at radius 1 is 1.45 bits per heavy atom. The summed E-state index contributed by atoms with van der Waals surface area (Å²) < 4.78 is 0.848. The quantitative estimate of drug-likeness (QED) is 0.597. The monoisotopic (exact) mass is 402 g/mol. The molecule has 0 saturated heterocycles. The number of tetrazole rings is 1. The number of carbonyl (C=O) groups excluding carboxylic acids is 1. The maximum atomic E-state index is 12.0. The Kier molecular flexibility index (Phi) is 4.95. The van der Waals surface area contributed by atoms with E-state index in [-0.39, 0.29) is 17.0 Å². The lowest BCUT2D eigenvalue weighted by Gasteiger charge is -2.07. The van der Waals surface area contributed by atoms with Crippen molar-refractivity contribution >= 4 is 51.8 Å². The zero-order valence-electron chi connectivity index (χ0n) is 10.5. The summed E-state index contributed by atoms with van der Waals surface area (Å²) >= 11 is 7.13. The minimum absolute atomic E-state index is 0.130. The number of amides is 1. The van der Waals surface area contributed by atoms with Crippen molar-refractivity contribution in [3.63, 3.8) is 0 Å². The lowest BCUT2D eigenvalue weighted by molar-refractivity contribution is 0.0977. The molecular formula is C11H11IN6OS. The fourth-order valence-corrected chi connectivity index (χ4v) is 2.19. The van der Waals surface area contributed by atoms with Crippen molar-refractivity contribution in [3.8, 4) is 0 Å². The number of halogens is 1. The second-order valence-corrected chi connectivity index (χ2v) is 5.26. The zero-order chi connectivity index (χ0) is 14.5. The van der Waals surface area contributed by atoms with E-state index in [0.717, 1.165) is 3.57 Å². The van der Waals surface area contributed by atoms with Crippen molar-refractivity contribution in [3.05, 3.63) is 33.4 Å². The molecule has 1 heterocycles. The Hall–Kier alpha value is -1.62. The van der Waals surface area contributed by atoms with E-state index in [1.54, 1.807) is 12.1 Å². The molecule has 0 radical (unpaired) electrons. The summed E-state index contributed by atoms with van der Waals surface area (Å²) in [4.78, 5) is 13.4. The van der Waals surface area contributed by atoms with Crippen LogP contribution in [0.2, 0.25) is 0 Å². The number of hydrogen-bond donors (Lipinski definition) is 2. The van der Waals surface area contributed by atoms with Crippen LogP contribution in [0.25, 0.3) is 0 Å². The molecule has 104 valence electrons. The molecule has 0 bridgehead atoms. The van der Waals surface area contributed by atoms with Gasteiger partial charge in [-0.3, -0.25) is 15.4 Å². The number of hydrogen-bond acceptors (Lipinski definition) is 5. The van der Waals surface area contributed by atoms with Crippen LogP contribution in [0.4, 0.5) is 5.95 Å². The minimum Gasteiger partial charge on any atom is -0.299 e. The molecule has 2 N–H and O–H groups in total. The van der Waals surface area contributed by atoms with E-state index in [1.807, 2.05) is 19.1 Å². The van der Waals surface area contributed by atoms with Crippen molar-refractivity contribution < 1.29 is 4.79 Å². The molecule has 1 aromatic heterocycles. The van der Waals surface area contributed by atoms with Gasteiger partial charge in [-0.1, -0.05) is 17.2 Å². The van der Waals surface area contributed by atoms with Gasteiger partial charge in [-0.25, -0.2) is 0 Å². The van der Waals surface area contributed by atoms with Crippen molar-refractivity contribution in [2.45, 2.75) is 13.5 Å². The molecule has 0 unspecified atom stereocenters. The van der Waals surface area contributed by atoms with Gasteiger partial charge in [0, 0.05) is 3.57 Å². The lowest BCUT2D eigenvalue weighted by atomic mass is 10.2. The number of carbonyl (C=O) groups is 1. The van der Waals surface area contributed by atoms with Crippen molar-refractivity contribution in [1.82, 2.24) is 25.5 Å². The van der Waals surface area contributed by atoms with E-state index >= 15 is 0 Å². The summed E-state index contributed by atoms with van der Waals surface area (Å²) in [5, 5.41) is 17.0. The van der Waals surface area contributed by atoms with Crippen LogP contribution < -0.4 is 10.6 Å². The van der Waals surface area contributed by atoms with Crippen LogP contribution in [0.1, 0.15) is 17.3 Å². The maximum Gasteiger partial charge on any atom is 0.269 e. The van der Waals surface area contributed by atoms with Crippen LogP contribution in [-0.2, 0) is 6.54 Å². The van der Waals surface area contributed by atoms with Crippen molar-refractivity contribution in [2.24, 2.45) is 0 Å². The average Bonchev–Trinajstić information content (AvgIpc) is 2.86. The molecule has 7 nitrogen and oxygen atoms in total. The molecule has 0 fully saturated rings. The molecule has 0 aliphatic carbocycles. The van der Waals surface area contributed by atoms with Gasteiger partial charge in [0.25, 0.3) is 11.9 Å². The van der Waals surface area contributed by atoms with Crippen LogP contribution >= 0.6 is 34.8 Å². The summed E-state index contributed by atoms with van der Waals surface area (Å²) in [6.45, 7) is 2.50. The Morgan fingerprint density at radius 3 is 2.85 bits per heavy atom. The summed E-state index contributed by atoms with van der Waals surface area (Å²) in [7, 11) is 0. The van der Waals surface area contributed by atoms with Crippen LogP contribution in [0.3, 0.4) is 0 Å². The van der Waals surface area contributed by atoms with Gasteiger partial charge in [0.2, 0.25) is 0 Å². The minimum atomic E-state index is -0.282. The van der Waals surface area contributed by atoms with Crippen LogP contribution in [0.15, 0.2) is 24.3 Å². The second kappa shape index (κ2) is 6.70. The van der Waals surface area contributed by atoms with Gasteiger partial charge in [0.05, 0.1) is 12.1 Å². The third-order valence-corrected chi connectivity index (χ3v) is 3.45. The first-order valence-corrected chi connectivity index (χ1v) is 7.23. The number of rotatable bonds is 3. The summed E-state index contributed by atoms with van der Waals surface area (Å²) in [5.41, 5.74) is 0.558. The summed E-state index contributed by atoms with van der Waals surface area (Å²) in [5.74, 6) is -0.0321. The van der Waals surface area contributed by atoms with E-state index in [1.165, 1.54) is 4.80 Å². The number of aromatic nitrogens is 4. The number of aryl methyl sites for hydroxylation is 1. The highest BCUT2D eigenvalue weighted by Crippen LogP contribution is 2.11. The molecule has 0 atom stereocenters. The lowest BCUT2D eigenvalue weighted by Crippen LogP contribution is -2.34. The molecule has 0 saturated carbocycles. The fraction of sp³-hybridized carbons (Fsp3) is 0.182. The summed E-state index contributed by atoms with van der Waals surface area (Å²) in [6, 6.07) is 7.23. The Morgan fingerprint density at radius 2 is 2.20 bits per heavy atom. The normalized spacial score (nSPS) is 10.1. The predicted octanol–water partition coefficient (Wildman–Crippen LogP) is 1.42. The van der Waals surface area contributed by atoms with E-state index in [4.69, 9.17) is 12.2 Å². The Balaban J connectivity index is 1.98. The third-order valence-electron chi connectivity index (χ3n) is 2.31. The highest BCUT2D eigenvalue weighted by atomic mass is 127. The molecule has 20 heavy (non-hydrogen) atoms. The zero-order valence-corrected chi connectivity index (χ0v) is 13.5. The number of thiocarbonyl (C=S) groups is 1. The van der Waals surface area contributed by atoms with Gasteiger partial charge >= 0.3 is 0 Å². The van der Waals surface area contributed by atoms with Gasteiger partial charge in [0.15, 0.2) is 5.11 Å². The van der Waals surface area contributed by atoms with Crippen molar-refractivity contribution in [2.75, 3.05) is 5.32 Å². The van der Waals surface area contributed by atoms with E-state index in [9.17, 15) is 4.79 Å². The first-order chi connectivity index (χ1) is 9.60. The van der Waals surface area contributed by atoms with Gasteiger partial charge in [-0.2, -0.15) is 4.80 Å². The third kappa shape index (κ3) is 3.70. The molecular weight excluding hydrogens is 391 g/mol. The number of nitrogens with zero attached hydrogens (tertiary/aromatic N) is 4. The number of anilines is 1. The summed E-state index contributed by atoms with van der Waals surface area (Å²) in [6.07, 6.45) is 0. The Bertz CT molecular complexity index is 643. The molecule has 2 aromatic rings. The molecule has 0 aliphatic heterocycles. The van der Waals surface area contributed by atoms with Crippen molar-refractivity contribution in [1.29, 1.82) is 0 Å². The predicted molar refractivity (Wildman–Crippen MR) is 86.3 cm³/mol. The van der Waals surface area contributed by atoms with Gasteiger partial charge in [0.1, 0.15) is 0 Å². The Labute approximate surface area is 134 Å². The fourth-order valence-electron chi connectivity index (χ4n) is 1.38. The largest absolute Gasteiger partial charge is 0.299 e. The van der Waals surface area contributed by atoms with Gasteiger partial charge in [-0.15, -0.1) is 5.10 Å². The molecule has 9 heteroatoms. The van der Waals surface area contributed by atoms with E-state index in [2.05, 4.69) is 48.6 Å². The second-order valence-electron chi connectivity index (χ2n) is 3.69. The van der Waals surface area contributed by atoms with Gasteiger partial charge in [-0.05, 0) is 59.1 Å². The highest BCUT2D eigenvalue weighted by molar-refractivity contribution is 14.1. The smallest absolute Gasteiger partial charge is 0.269 e. The van der Waals surface area contributed by atoms with Crippen LogP contribution in [-0.4, -0.2) is 31.2 Å². The molecule has 0 spiro atoms. The van der Waals surface area contributed by atoms with Crippen LogP contribution in [0, 0.1) is 3.57 Å². The topological polar surface area (TPSA) is 84.7 Å². The maximum absolute atomic E-state index is 12.0. The molecule has 0 aliphatic rings. The highest BCUT2D eigenvalue weighted by Gasteiger charge is 2.12. The standard InChI is InChI=1S/C11H11IN6OS/c1-2-18-16-10(15-17-18)14-11(20)13-9(19)7-5-3-4-6-8(7)12/h3-6H,2H2,1H3,(H2,13,14,16,19,20). The molecule has 2 rings (SSSR count). The average molecular weight is 402 g/mol. The SMILES string of the molecule is CCn1nnc(NC(=S)NC(=O)c2ccccc2I)n1. The first kappa shape index (κ1) is 14.8. The van der Waals surface area contributed by atoms with E-state index < -0.39 is 0 Å². The molecule has 1 amide bonds. The number of nitrogens with one attached hydrogen (secondary N) is 2. The number of benzene rings is 1. The first-order valence-electron chi connectivity index (χ1n) is 5.75. The van der Waals surface area contributed by atoms with E-state index in [0.29, 0.717) is 12.1 Å². The molecule has 1 aromatic carbocycles.